The zero-order chi connectivity index (χ0) is 18.0. The number of aromatic nitrogens is 1. The van der Waals surface area contributed by atoms with E-state index in [1.807, 2.05) is 0 Å². The van der Waals surface area contributed by atoms with Crippen LogP contribution < -0.4 is 15.2 Å². The number of carboxylic acid groups (broad SMARTS) is 1. The van der Waals surface area contributed by atoms with Crippen molar-refractivity contribution in [1.82, 2.24) is 4.98 Å². The number of halogens is 1. The molecule has 0 fully saturated rings. The number of ether oxygens (including phenoxy) is 2. The normalized spacial score (nSPS) is 10.1. The highest BCUT2D eigenvalue weighted by molar-refractivity contribution is 7.14. The molecule has 0 aliphatic heterocycles. The van der Waals surface area contributed by atoms with Gasteiger partial charge < -0.3 is 20.3 Å². The summed E-state index contributed by atoms with van der Waals surface area (Å²) in [4.78, 5) is 16.9. The first-order chi connectivity index (χ1) is 12.0. The third-order valence-corrected chi connectivity index (χ3v) is 4.72. The second-order valence-corrected chi connectivity index (χ2v) is 6.14. The van der Waals surface area contributed by atoms with Gasteiger partial charge in [0.15, 0.2) is 11.5 Å². The van der Waals surface area contributed by atoms with Crippen molar-refractivity contribution in [2.75, 3.05) is 20.0 Å². The molecule has 0 spiro atoms. The third-order valence-electron chi connectivity index (χ3n) is 3.74. The average Bonchev–Trinajstić information content (AvgIpc) is 3.06. The number of methoxy groups -OCH3 is 2. The highest BCUT2D eigenvalue weighted by Crippen LogP contribution is 2.38. The Morgan fingerprint density at radius 2 is 1.81 bits per heavy atom. The minimum atomic E-state index is -1.03. The lowest BCUT2D eigenvalue weighted by Crippen LogP contribution is -2.03. The number of aromatic carboxylic acids is 1. The van der Waals surface area contributed by atoms with Crippen molar-refractivity contribution in [3.05, 3.63) is 47.6 Å². The summed E-state index contributed by atoms with van der Waals surface area (Å²) >= 11 is 1.38. The number of rotatable bonds is 5. The van der Waals surface area contributed by atoms with Gasteiger partial charge in [-0.25, -0.2) is 4.79 Å². The lowest BCUT2D eigenvalue weighted by atomic mass is 9.97. The molecule has 0 radical (unpaired) electrons. The Kier molecular flexibility index (Phi) is 6.07. The highest BCUT2D eigenvalue weighted by Gasteiger charge is 2.20. The molecule has 2 aromatic heterocycles. The van der Waals surface area contributed by atoms with Gasteiger partial charge in [0.05, 0.1) is 19.8 Å². The van der Waals surface area contributed by atoms with Crippen molar-refractivity contribution < 1.29 is 19.4 Å². The first-order valence-electron chi connectivity index (χ1n) is 7.33. The maximum Gasteiger partial charge on any atom is 0.337 e. The lowest BCUT2D eigenvalue weighted by molar-refractivity contribution is 0.0698. The summed E-state index contributed by atoms with van der Waals surface area (Å²) in [5.41, 5.74) is 8.24. The van der Waals surface area contributed by atoms with Crippen molar-refractivity contribution in [2.24, 2.45) is 0 Å². The average molecular weight is 393 g/mol. The van der Waals surface area contributed by atoms with Crippen LogP contribution in [0.4, 0.5) is 5.69 Å². The van der Waals surface area contributed by atoms with Gasteiger partial charge >= 0.3 is 5.97 Å². The number of nitrogens with zero attached hydrogens (tertiary/aromatic N) is 1. The summed E-state index contributed by atoms with van der Waals surface area (Å²) in [7, 11) is 3.08. The molecule has 2 heterocycles. The van der Waals surface area contributed by atoms with E-state index in [9.17, 15) is 9.90 Å². The quantitative estimate of drug-likeness (QED) is 0.675. The first-order valence-corrected chi connectivity index (χ1v) is 8.21. The van der Waals surface area contributed by atoms with Crippen LogP contribution in [-0.2, 0) is 0 Å². The number of anilines is 1. The van der Waals surface area contributed by atoms with E-state index in [4.69, 9.17) is 15.2 Å². The SMILES string of the molecule is COc1ccc(-c2cncc(-c3cc(N)cs3)c2C(=O)O)cc1OC.Cl. The number of benzene rings is 1. The maximum atomic E-state index is 12.0. The number of nitrogen functional groups attached to an aromatic ring is 1. The largest absolute Gasteiger partial charge is 0.493 e. The van der Waals surface area contributed by atoms with Crippen LogP contribution in [-0.4, -0.2) is 30.3 Å². The van der Waals surface area contributed by atoms with E-state index in [0.717, 1.165) is 4.88 Å². The highest BCUT2D eigenvalue weighted by atomic mass is 35.5. The topological polar surface area (TPSA) is 94.7 Å². The zero-order valence-corrected chi connectivity index (χ0v) is 15.7. The number of hydrogen-bond donors (Lipinski definition) is 2. The van der Waals surface area contributed by atoms with Crippen LogP contribution in [0.1, 0.15) is 10.4 Å². The molecule has 1 aromatic carbocycles. The number of pyridine rings is 1. The van der Waals surface area contributed by atoms with Gasteiger partial charge in [-0.1, -0.05) is 6.07 Å². The Labute approximate surface area is 160 Å². The summed E-state index contributed by atoms with van der Waals surface area (Å²) < 4.78 is 10.5. The van der Waals surface area contributed by atoms with E-state index in [1.54, 1.807) is 43.0 Å². The molecule has 0 unspecified atom stereocenters. The van der Waals surface area contributed by atoms with E-state index < -0.39 is 5.97 Å². The van der Waals surface area contributed by atoms with Crippen LogP contribution in [0.5, 0.6) is 11.5 Å². The minimum absolute atomic E-state index is 0. The molecule has 0 amide bonds. The van der Waals surface area contributed by atoms with Gasteiger partial charge in [-0.3, -0.25) is 4.98 Å². The van der Waals surface area contributed by atoms with Crippen LogP contribution in [0.15, 0.2) is 42.0 Å². The standard InChI is InChI=1S/C18H16N2O4S.ClH/c1-23-14-4-3-10(5-15(14)24-2)12-7-20-8-13(17(12)18(21)22)16-6-11(19)9-25-16;/h3-9H,19H2,1-2H3,(H,21,22);1H. The second kappa shape index (κ2) is 8.07. The Hall–Kier alpha value is -2.77. The van der Waals surface area contributed by atoms with E-state index in [-0.39, 0.29) is 18.0 Å². The molecule has 3 N–H and O–H groups in total. The van der Waals surface area contributed by atoms with Gasteiger partial charge in [-0.15, -0.1) is 23.7 Å². The summed E-state index contributed by atoms with van der Waals surface area (Å²) in [5.74, 6) is 0.0505. The Bertz CT molecular complexity index is 943. The Balaban J connectivity index is 0.00000243. The van der Waals surface area contributed by atoms with Crippen molar-refractivity contribution in [3.63, 3.8) is 0 Å². The monoisotopic (exact) mass is 392 g/mol. The van der Waals surface area contributed by atoms with Gasteiger partial charge in [0.2, 0.25) is 0 Å². The molecule has 136 valence electrons. The van der Waals surface area contributed by atoms with Crippen LogP contribution in [0.25, 0.3) is 21.6 Å². The molecule has 0 aliphatic carbocycles. The summed E-state index contributed by atoms with van der Waals surface area (Å²) in [6, 6.07) is 6.98. The van der Waals surface area contributed by atoms with Crippen molar-refractivity contribution >= 4 is 35.4 Å². The molecule has 0 atom stereocenters. The summed E-state index contributed by atoms with van der Waals surface area (Å²) in [5, 5.41) is 11.6. The van der Waals surface area contributed by atoms with Crippen molar-refractivity contribution in [2.45, 2.75) is 0 Å². The first kappa shape index (κ1) is 19.6. The predicted molar refractivity (Wildman–Crippen MR) is 105 cm³/mol. The van der Waals surface area contributed by atoms with Crippen molar-refractivity contribution in [3.8, 4) is 33.1 Å². The number of thiophene rings is 1. The number of hydrogen-bond acceptors (Lipinski definition) is 6. The molecule has 3 aromatic rings. The Morgan fingerprint density at radius 1 is 1.12 bits per heavy atom. The minimum Gasteiger partial charge on any atom is -0.493 e. The fraction of sp³-hybridized carbons (Fsp3) is 0.111. The van der Waals surface area contributed by atoms with Gasteiger partial charge in [0.1, 0.15) is 0 Å². The predicted octanol–water partition coefficient (Wildman–Crippen LogP) is 4.20. The molecule has 0 bridgehead atoms. The number of carbonyl (C=O) groups is 1. The summed E-state index contributed by atoms with van der Waals surface area (Å²) in [6.07, 6.45) is 3.07. The maximum absolute atomic E-state index is 12.0. The molecule has 0 aliphatic rings. The van der Waals surface area contributed by atoms with E-state index in [0.29, 0.717) is 33.9 Å². The van der Waals surface area contributed by atoms with Gasteiger partial charge in [-0.2, -0.15) is 0 Å². The van der Waals surface area contributed by atoms with Crippen LogP contribution in [0.3, 0.4) is 0 Å². The van der Waals surface area contributed by atoms with E-state index in [2.05, 4.69) is 4.98 Å². The number of carboxylic acids is 1. The van der Waals surface area contributed by atoms with Gasteiger partial charge in [0, 0.05) is 39.5 Å². The molecule has 0 saturated heterocycles. The van der Waals surface area contributed by atoms with E-state index in [1.165, 1.54) is 24.6 Å². The molecular formula is C18H17ClN2O4S. The van der Waals surface area contributed by atoms with Crippen LogP contribution in [0.2, 0.25) is 0 Å². The molecule has 3 rings (SSSR count). The molecular weight excluding hydrogens is 376 g/mol. The third kappa shape index (κ3) is 3.58. The summed E-state index contributed by atoms with van der Waals surface area (Å²) in [6.45, 7) is 0. The zero-order valence-electron chi connectivity index (χ0n) is 14.1. The molecule has 6 nitrogen and oxygen atoms in total. The van der Waals surface area contributed by atoms with Gasteiger partial charge in [-0.05, 0) is 23.8 Å². The number of nitrogens with two attached hydrogens (primary N) is 1. The Morgan fingerprint density at radius 3 is 2.38 bits per heavy atom. The lowest BCUT2D eigenvalue weighted by Gasteiger charge is -2.13. The second-order valence-electron chi connectivity index (χ2n) is 5.23. The molecule has 26 heavy (non-hydrogen) atoms. The molecule has 0 saturated carbocycles. The fourth-order valence-corrected chi connectivity index (χ4v) is 3.41. The van der Waals surface area contributed by atoms with E-state index >= 15 is 0 Å². The fourth-order valence-electron chi connectivity index (χ4n) is 2.59. The van der Waals surface area contributed by atoms with Crippen molar-refractivity contribution in [1.29, 1.82) is 0 Å². The molecule has 8 heteroatoms. The van der Waals surface area contributed by atoms with Crippen LogP contribution >= 0.6 is 23.7 Å². The van der Waals surface area contributed by atoms with Crippen LogP contribution in [0, 0.1) is 0 Å². The van der Waals surface area contributed by atoms with Gasteiger partial charge in [0.25, 0.3) is 0 Å². The smallest absolute Gasteiger partial charge is 0.337 e.